The molecule has 2 rings (SSSR count). The number of carbonyl (C=O) groups excluding carboxylic acids is 1. The summed E-state index contributed by atoms with van der Waals surface area (Å²) in [7, 11) is 0. The van der Waals surface area contributed by atoms with Crippen LogP contribution < -0.4 is 4.74 Å². The second-order valence-electron chi connectivity index (χ2n) is 4.52. The second-order valence-corrected chi connectivity index (χ2v) is 4.52. The van der Waals surface area contributed by atoms with Crippen LogP contribution in [0.4, 0.5) is 0 Å². The number of carbonyl (C=O) groups is 2. The van der Waals surface area contributed by atoms with Crippen molar-refractivity contribution < 1.29 is 24.2 Å². The summed E-state index contributed by atoms with van der Waals surface area (Å²) in [5.74, 6) is -1.32. The zero-order valence-corrected chi connectivity index (χ0v) is 12.1. The molecule has 0 saturated heterocycles. The lowest BCUT2D eigenvalue weighted by atomic mass is 10.1. The van der Waals surface area contributed by atoms with E-state index in [0.717, 1.165) is 0 Å². The van der Waals surface area contributed by atoms with Gasteiger partial charge >= 0.3 is 11.9 Å². The average molecular weight is 300 g/mol. The summed E-state index contributed by atoms with van der Waals surface area (Å²) in [6, 6.07) is 14.9. The molecule has 0 aliphatic rings. The van der Waals surface area contributed by atoms with Gasteiger partial charge in [0.1, 0.15) is 5.75 Å². The Balaban J connectivity index is 2.11. The summed E-state index contributed by atoms with van der Waals surface area (Å²) < 4.78 is 10.8. The molecule has 0 saturated carbocycles. The molecule has 22 heavy (non-hydrogen) atoms. The van der Waals surface area contributed by atoms with Crippen LogP contribution in [-0.4, -0.2) is 23.3 Å². The maximum atomic E-state index is 12.2. The molecule has 1 atom stereocenters. The van der Waals surface area contributed by atoms with E-state index in [0.29, 0.717) is 12.2 Å². The van der Waals surface area contributed by atoms with Crippen LogP contribution in [0.25, 0.3) is 0 Å². The third kappa shape index (κ3) is 3.85. The van der Waals surface area contributed by atoms with Gasteiger partial charge in [0.15, 0.2) is 0 Å². The Morgan fingerprint density at radius 3 is 2.18 bits per heavy atom. The lowest BCUT2D eigenvalue weighted by Gasteiger charge is -2.18. The Morgan fingerprint density at radius 2 is 1.59 bits per heavy atom. The third-order valence-electron chi connectivity index (χ3n) is 2.96. The minimum absolute atomic E-state index is 0.00473. The lowest BCUT2D eigenvalue weighted by molar-refractivity contribution is -0.0498. The van der Waals surface area contributed by atoms with Crippen molar-refractivity contribution in [3.8, 4) is 5.75 Å². The van der Waals surface area contributed by atoms with Crippen molar-refractivity contribution in [2.75, 3.05) is 0 Å². The van der Waals surface area contributed by atoms with Crippen molar-refractivity contribution >= 4 is 11.9 Å². The van der Waals surface area contributed by atoms with Crippen molar-refractivity contribution in [1.29, 1.82) is 0 Å². The Bertz CT molecular complexity index is 651. The van der Waals surface area contributed by atoms with Crippen molar-refractivity contribution in [3.05, 3.63) is 65.7 Å². The molecule has 0 aromatic heterocycles. The fraction of sp³-hybridized carbons (Fsp3) is 0.176. The number of ether oxygens (including phenoxy) is 2. The Kier molecular flexibility index (Phi) is 5.14. The number of hydrogen-bond donors (Lipinski definition) is 1. The smallest absolute Gasteiger partial charge is 0.342 e. The summed E-state index contributed by atoms with van der Waals surface area (Å²) in [6.07, 6.45) is -0.340. The van der Waals surface area contributed by atoms with Crippen LogP contribution in [0, 0.1) is 0 Å². The fourth-order valence-corrected chi connectivity index (χ4v) is 1.87. The Morgan fingerprint density at radius 1 is 1.00 bits per heavy atom. The number of aromatic carboxylic acids is 1. The molecule has 0 fully saturated rings. The Hall–Kier alpha value is -2.82. The van der Waals surface area contributed by atoms with Crippen molar-refractivity contribution in [1.82, 2.24) is 0 Å². The number of para-hydroxylation sites is 1. The van der Waals surface area contributed by atoms with E-state index in [1.165, 1.54) is 12.1 Å². The number of benzene rings is 2. The maximum Gasteiger partial charge on any atom is 0.342 e. The van der Waals surface area contributed by atoms with E-state index in [1.807, 2.05) is 25.1 Å². The van der Waals surface area contributed by atoms with Gasteiger partial charge in [-0.2, -0.15) is 0 Å². The lowest BCUT2D eigenvalue weighted by Crippen LogP contribution is -2.24. The van der Waals surface area contributed by atoms with Crippen LogP contribution >= 0.6 is 0 Å². The van der Waals surface area contributed by atoms with Crippen LogP contribution in [0.5, 0.6) is 5.75 Å². The maximum absolute atomic E-state index is 12.2. The van der Waals surface area contributed by atoms with Crippen LogP contribution in [0.2, 0.25) is 0 Å². The molecule has 114 valence electrons. The van der Waals surface area contributed by atoms with Gasteiger partial charge in [0.05, 0.1) is 11.1 Å². The number of hydrogen-bond acceptors (Lipinski definition) is 4. The molecule has 0 amide bonds. The van der Waals surface area contributed by atoms with Gasteiger partial charge in [-0.3, -0.25) is 0 Å². The quantitative estimate of drug-likeness (QED) is 0.654. The Labute approximate surface area is 128 Å². The van der Waals surface area contributed by atoms with Gasteiger partial charge in [-0.25, -0.2) is 9.59 Å². The van der Waals surface area contributed by atoms with Gasteiger partial charge in [-0.15, -0.1) is 0 Å². The third-order valence-corrected chi connectivity index (χ3v) is 2.96. The monoisotopic (exact) mass is 300 g/mol. The minimum atomic E-state index is -1.18. The van der Waals surface area contributed by atoms with Gasteiger partial charge in [-0.05, 0) is 24.3 Å². The zero-order valence-electron chi connectivity index (χ0n) is 12.1. The first-order chi connectivity index (χ1) is 10.6. The molecular formula is C17H16O5. The summed E-state index contributed by atoms with van der Waals surface area (Å²) in [5, 5.41) is 9.10. The van der Waals surface area contributed by atoms with Gasteiger partial charge in [0.2, 0.25) is 6.29 Å². The second kappa shape index (κ2) is 7.26. The van der Waals surface area contributed by atoms with Gasteiger partial charge < -0.3 is 14.6 Å². The van der Waals surface area contributed by atoms with Crippen LogP contribution in [0.1, 0.15) is 34.1 Å². The standard InChI is InChI=1S/C17H16O5/c1-2-15(21-12-8-4-3-5-9-12)22-17(20)14-11-7-6-10-13(14)16(18)19/h3-11,15H,2H2,1H3,(H,18,19). The predicted molar refractivity (Wildman–Crippen MR) is 80.0 cm³/mol. The SMILES string of the molecule is CCC(OC(=O)c1ccccc1C(=O)O)Oc1ccccc1. The van der Waals surface area contributed by atoms with Crippen LogP contribution in [0.15, 0.2) is 54.6 Å². The van der Waals surface area contributed by atoms with E-state index < -0.39 is 18.2 Å². The molecule has 2 aromatic carbocycles. The van der Waals surface area contributed by atoms with E-state index in [9.17, 15) is 9.59 Å². The number of rotatable bonds is 6. The summed E-state index contributed by atoms with van der Waals surface area (Å²) in [5.41, 5.74) is -0.0906. The molecule has 0 radical (unpaired) electrons. The van der Waals surface area contributed by atoms with Gasteiger partial charge in [0, 0.05) is 6.42 Å². The highest BCUT2D eigenvalue weighted by Gasteiger charge is 2.21. The predicted octanol–water partition coefficient (Wildman–Crippen LogP) is 3.36. The first-order valence-electron chi connectivity index (χ1n) is 6.86. The fourth-order valence-electron chi connectivity index (χ4n) is 1.87. The van der Waals surface area contributed by atoms with Crippen LogP contribution in [-0.2, 0) is 4.74 Å². The molecule has 1 unspecified atom stereocenters. The normalized spacial score (nSPS) is 11.5. The molecule has 5 heteroatoms. The highest BCUT2D eigenvalue weighted by molar-refractivity contribution is 6.02. The number of carboxylic acids is 1. The molecule has 1 N–H and O–H groups in total. The summed E-state index contributed by atoms with van der Waals surface area (Å²) in [4.78, 5) is 23.3. The molecule has 5 nitrogen and oxygen atoms in total. The summed E-state index contributed by atoms with van der Waals surface area (Å²) in [6.45, 7) is 1.81. The van der Waals surface area contributed by atoms with E-state index >= 15 is 0 Å². The average Bonchev–Trinajstić information content (AvgIpc) is 2.55. The van der Waals surface area contributed by atoms with E-state index in [1.54, 1.807) is 24.3 Å². The van der Waals surface area contributed by atoms with E-state index in [2.05, 4.69) is 0 Å². The first-order valence-corrected chi connectivity index (χ1v) is 6.86. The van der Waals surface area contributed by atoms with Gasteiger partial charge in [0.25, 0.3) is 0 Å². The van der Waals surface area contributed by atoms with E-state index in [-0.39, 0.29) is 11.1 Å². The van der Waals surface area contributed by atoms with Crippen LogP contribution in [0.3, 0.4) is 0 Å². The molecule has 2 aromatic rings. The molecule has 0 aliphatic heterocycles. The summed E-state index contributed by atoms with van der Waals surface area (Å²) >= 11 is 0. The van der Waals surface area contributed by atoms with E-state index in [4.69, 9.17) is 14.6 Å². The molecule has 0 aliphatic carbocycles. The van der Waals surface area contributed by atoms with Crippen molar-refractivity contribution in [2.24, 2.45) is 0 Å². The van der Waals surface area contributed by atoms with Crippen molar-refractivity contribution in [2.45, 2.75) is 19.6 Å². The largest absolute Gasteiger partial charge is 0.478 e. The van der Waals surface area contributed by atoms with Gasteiger partial charge in [-0.1, -0.05) is 37.3 Å². The van der Waals surface area contributed by atoms with Crippen molar-refractivity contribution in [3.63, 3.8) is 0 Å². The highest BCUT2D eigenvalue weighted by atomic mass is 16.7. The zero-order chi connectivity index (χ0) is 15.9. The topological polar surface area (TPSA) is 72.8 Å². The minimum Gasteiger partial charge on any atom is -0.478 e. The molecular weight excluding hydrogens is 284 g/mol. The number of carboxylic acid groups (broad SMARTS) is 1. The molecule has 0 bridgehead atoms. The molecule has 0 spiro atoms. The first kappa shape index (κ1) is 15.6. The number of esters is 1. The molecule has 0 heterocycles. The highest BCUT2D eigenvalue weighted by Crippen LogP contribution is 2.16.